The molecule has 2 aromatic carbocycles. The van der Waals surface area contributed by atoms with Crippen molar-refractivity contribution < 1.29 is 0 Å². The number of hydrogen-bond donors (Lipinski definition) is 3. The van der Waals surface area contributed by atoms with Gasteiger partial charge in [0.25, 0.3) is 0 Å². The number of rotatable bonds is 7. The molecule has 0 saturated carbocycles. The van der Waals surface area contributed by atoms with E-state index in [9.17, 15) is 0 Å². The molecule has 0 unspecified atom stereocenters. The van der Waals surface area contributed by atoms with Gasteiger partial charge in [-0.05, 0) is 55.0 Å². The fourth-order valence-corrected chi connectivity index (χ4v) is 2.76. The average molecular weight is 356 g/mol. The summed E-state index contributed by atoms with van der Waals surface area (Å²) in [7, 11) is 1.91. The Balaban J connectivity index is 1.85. The Kier molecular flexibility index (Phi) is 5.57. The lowest BCUT2D eigenvalue weighted by Crippen LogP contribution is -1.99. The van der Waals surface area contributed by atoms with Crippen LogP contribution < -0.4 is 10.6 Å². The number of nitrogens with zero attached hydrogens (tertiary/aromatic N) is 1. The van der Waals surface area contributed by atoms with Crippen LogP contribution in [-0.2, 0) is 0 Å². The summed E-state index contributed by atoms with van der Waals surface area (Å²) in [5.41, 5.74) is 6.70. The highest BCUT2D eigenvalue weighted by atomic mass is 14.9. The number of aromatic nitrogens is 2. The highest BCUT2D eigenvalue weighted by Crippen LogP contribution is 2.25. The van der Waals surface area contributed by atoms with Crippen molar-refractivity contribution in [1.29, 1.82) is 0 Å². The summed E-state index contributed by atoms with van der Waals surface area (Å²) < 4.78 is 0. The van der Waals surface area contributed by atoms with Crippen molar-refractivity contribution in [2.45, 2.75) is 6.92 Å². The average Bonchev–Trinajstić information content (AvgIpc) is 3.12. The molecule has 0 aliphatic carbocycles. The van der Waals surface area contributed by atoms with Gasteiger partial charge in [0, 0.05) is 29.7 Å². The molecule has 0 aliphatic heterocycles. The third-order valence-corrected chi connectivity index (χ3v) is 4.26. The minimum absolute atomic E-state index is 0.796. The van der Waals surface area contributed by atoms with Gasteiger partial charge < -0.3 is 15.6 Å². The van der Waals surface area contributed by atoms with Gasteiger partial charge in [0.2, 0.25) is 0 Å². The number of imidazole rings is 1. The number of anilines is 2. The number of benzene rings is 2. The van der Waals surface area contributed by atoms with Crippen molar-refractivity contribution >= 4 is 22.4 Å². The Hall–Kier alpha value is -3.53. The number of fused-ring (bicyclic) bond motifs is 1. The monoisotopic (exact) mass is 356 g/mol. The molecule has 3 rings (SSSR count). The molecule has 1 aromatic heterocycles. The van der Waals surface area contributed by atoms with Crippen LogP contribution in [0.25, 0.3) is 22.4 Å². The summed E-state index contributed by atoms with van der Waals surface area (Å²) in [5.74, 6) is 0.850. The fourth-order valence-electron chi connectivity index (χ4n) is 2.76. The normalized spacial score (nSPS) is 11.7. The quantitative estimate of drug-likeness (QED) is 0.463. The van der Waals surface area contributed by atoms with Crippen LogP contribution in [-0.4, -0.2) is 17.0 Å². The smallest absolute Gasteiger partial charge is 0.138 e. The standard InChI is InChI=1S/C23H24N4/c1-5-7-8-17(6-2)16(3)25-20-13-14-21-22(15-20)27-23(26-21)18-9-11-19(24-4)12-10-18/h5-15,24-25H,2-3H2,1,4H3,(H,26,27)/b7-5-,17-8+. The zero-order chi connectivity index (χ0) is 19.2. The van der Waals surface area contributed by atoms with Crippen LogP contribution in [0.2, 0.25) is 0 Å². The summed E-state index contributed by atoms with van der Waals surface area (Å²) in [4.78, 5) is 8.08. The first kappa shape index (κ1) is 18.3. The lowest BCUT2D eigenvalue weighted by molar-refractivity contribution is 1.33. The third-order valence-electron chi connectivity index (χ3n) is 4.26. The summed E-state index contributed by atoms with van der Waals surface area (Å²) in [6, 6.07) is 14.2. The highest BCUT2D eigenvalue weighted by molar-refractivity contribution is 5.83. The molecule has 0 amide bonds. The molecule has 0 saturated heterocycles. The Morgan fingerprint density at radius 1 is 1.11 bits per heavy atom. The maximum Gasteiger partial charge on any atom is 0.138 e. The largest absolute Gasteiger partial charge is 0.388 e. The van der Waals surface area contributed by atoms with E-state index in [1.807, 2.05) is 74.7 Å². The van der Waals surface area contributed by atoms with Gasteiger partial charge in [-0.3, -0.25) is 0 Å². The van der Waals surface area contributed by atoms with Crippen LogP contribution in [0.15, 0.2) is 91.2 Å². The van der Waals surface area contributed by atoms with Crippen molar-refractivity contribution in [2.24, 2.45) is 0 Å². The molecule has 27 heavy (non-hydrogen) atoms. The second-order valence-corrected chi connectivity index (χ2v) is 6.10. The summed E-state index contributed by atoms with van der Waals surface area (Å²) in [6.07, 6.45) is 7.70. The van der Waals surface area contributed by atoms with Crippen molar-refractivity contribution in [2.75, 3.05) is 17.7 Å². The second kappa shape index (κ2) is 8.23. The van der Waals surface area contributed by atoms with Gasteiger partial charge in [0.15, 0.2) is 0 Å². The van der Waals surface area contributed by atoms with E-state index in [2.05, 4.69) is 33.8 Å². The number of allylic oxidation sites excluding steroid dienone is 4. The number of nitrogens with one attached hydrogen (secondary N) is 3. The Morgan fingerprint density at radius 3 is 2.52 bits per heavy atom. The van der Waals surface area contributed by atoms with Crippen molar-refractivity contribution in [3.8, 4) is 11.4 Å². The molecular formula is C23H24N4. The molecular weight excluding hydrogens is 332 g/mol. The van der Waals surface area contributed by atoms with E-state index >= 15 is 0 Å². The van der Waals surface area contributed by atoms with E-state index in [1.165, 1.54) is 0 Å². The lowest BCUT2D eigenvalue weighted by atomic mass is 10.1. The van der Waals surface area contributed by atoms with E-state index in [-0.39, 0.29) is 0 Å². The molecule has 4 nitrogen and oxygen atoms in total. The number of H-pyrrole nitrogens is 1. The Labute approximate surface area is 160 Å². The van der Waals surface area contributed by atoms with Crippen LogP contribution in [0.4, 0.5) is 11.4 Å². The van der Waals surface area contributed by atoms with Crippen LogP contribution in [0.5, 0.6) is 0 Å². The Morgan fingerprint density at radius 2 is 1.85 bits per heavy atom. The van der Waals surface area contributed by atoms with Crippen LogP contribution in [0, 0.1) is 0 Å². The second-order valence-electron chi connectivity index (χ2n) is 6.10. The summed E-state index contributed by atoms with van der Waals surface area (Å²) in [5, 5.41) is 6.46. The first-order valence-electron chi connectivity index (χ1n) is 8.84. The lowest BCUT2D eigenvalue weighted by Gasteiger charge is -2.10. The minimum atomic E-state index is 0.796. The van der Waals surface area contributed by atoms with Crippen molar-refractivity contribution in [3.63, 3.8) is 0 Å². The number of aromatic amines is 1. The van der Waals surface area contributed by atoms with Gasteiger partial charge in [-0.25, -0.2) is 4.98 Å². The third kappa shape index (κ3) is 4.18. The van der Waals surface area contributed by atoms with E-state index < -0.39 is 0 Å². The minimum Gasteiger partial charge on any atom is -0.388 e. The topological polar surface area (TPSA) is 52.7 Å². The molecule has 0 radical (unpaired) electrons. The van der Waals surface area contributed by atoms with E-state index in [4.69, 9.17) is 0 Å². The van der Waals surface area contributed by atoms with Gasteiger partial charge in [-0.2, -0.15) is 0 Å². The predicted molar refractivity (Wildman–Crippen MR) is 117 cm³/mol. The summed E-state index contributed by atoms with van der Waals surface area (Å²) >= 11 is 0. The Bertz CT molecular complexity index is 1020. The maximum atomic E-state index is 4.69. The predicted octanol–water partition coefficient (Wildman–Crippen LogP) is 5.89. The van der Waals surface area contributed by atoms with Crippen LogP contribution in [0.3, 0.4) is 0 Å². The van der Waals surface area contributed by atoms with Gasteiger partial charge in [0.1, 0.15) is 5.82 Å². The summed E-state index contributed by atoms with van der Waals surface area (Å²) in [6.45, 7) is 9.93. The van der Waals surface area contributed by atoms with E-state index in [0.29, 0.717) is 0 Å². The van der Waals surface area contributed by atoms with Crippen LogP contribution in [0.1, 0.15) is 6.92 Å². The molecule has 0 atom stereocenters. The molecule has 0 bridgehead atoms. The fraction of sp³-hybridized carbons (Fsp3) is 0.0870. The molecule has 4 heteroatoms. The first-order chi connectivity index (χ1) is 13.1. The highest BCUT2D eigenvalue weighted by Gasteiger charge is 2.07. The van der Waals surface area contributed by atoms with Crippen LogP contribution >= 0.6 is 0 Å². The first-order valence-corrected chi connectivity index (χ1v) is 8.84. The zero-order valence-corrected chi connectivity index (χ0v) is 15.7. The van der Waals surface area contributed by atoms with Gasteiger partial charge >= 0.3 is 0 Å². The molecule has 0 fully saturated rings. The van der Waals surface area contributed by atoms with Gasteiger partial charge in [-0.15, -0.1) is 0 Å². The molecule has 0 spiro atoms. The van der Waals surface area contributed by atoms with Crippen molar-refractivity contribution in [1.82, 2.24) is 9.97 Å². The van der Waals surface area contributed by atoms with E-state index in [0.717, 1.165) is 45.1 Å². The molecule has 136 valence electrons. The van der Waals surface area contributed by atoms with Gasteiger partial charge in [-0.1, -0.05) is 37.5 Å². The maximum absolute atomic E-state index is 4.69. The van der Waals surface area contributed by atoms with Crippen molar-refractivity contribution in [3.05, 3.63) is 91.2 Å². The molecule has 1 heterocycles. The SMILES string of the molecule is C=C/C(=C\C=C/C)C(=C)Nc1ccc2nc(-c3ccc(NC)cc3)[nH]c2c1. The molecule has 3 aromatic rings. The molecule has 3 N–H and O–H groups in total. The van der Waals surface area contributed by atoms with Gasteiger partial charge in [0.05, 0.1) is 11.0 Å². The zero-order valence-electron chi connectivity index (χ0n) is 15.7. The number of hydrogen-bond acceptors (Lipinski definition) is 3. The molecule has 0 aliphatic rings. The van der Waals surface area contributed by atoms with E-state index in [1.54, 1.807) is 6.08 Å².